The van der Waals surface area contributed by atoms with E-state index in [0.29, 0.717) is 18.7 Å². The lowest BCUT2D eigenvalue weighted by atomic mass is 10.3. The molecule has 0 aliphatic carbocycles. The van der Waals surface area contributed by atoms with Crippen molar-refractivity contribution >= 4 is 28.5 Å². The molecule has 2 aromatic carbocycles. The molecule has 1 saturated heterocycles. The minimum absolute atomic E-state index is 0.0351. The van der Waals surface area contributed by atoms with E-state index in [9.17, 15) is 9.59 Å². The van der Waals surface area contributed by atoms with Crippen LogP contribution in [0.4, 0.5) is 5.69 Å². The highest BCUT2D eigenvalue weighted by atomic mass is 16.5. The molecule has 1 aliphatic heterocycles. The first-order chi connectivity index (χ1) is 14.2. The van der Waals surface area contributed by atoms with Crippen LogP contribution in [0.15, 0.2) is 48.5 Å². The smallest absolute Gasteiger partial charge is 0.257 e. The molecule has 0 bridgehead atoms. The third kappa shape index (κ3) is 4.74. The highest BCUT2D eigenvalue weighted by Gasteiger charge is 2.21. The maximum absolute atomic E-state index is 12.0. The normalized spacial score (nSPS) is 13.8. The molecule has 1 aromatic heterocycles. The molecule has 0 atom stereocenters. The highest BCUT2D eigenvalue weighted by Crippen LogP contribution is 2.23. The van der Waals surface area contributed by atoms with Crippen LogP contribution in [0, 0.1) is 0 Å². The second-order valence-electron chi connectivity index (χ2n) is 7.09. The fourth-order valence-corrected chi connectivity index (χ4v) is 3.45. The molecule has 2 amide bonds. The van der Waals surface area contributed by atoms with E-state index in [0.717, 1.165) is 48.4 Å². The van der Waals surface area contributed by atoms with Crippen LogP contribution >= 0.6 is 0 Å². The number of anilines is 1. The van der Waals surface area contributed by atoms with Crippen molar-refractivity contribution in [2.45, 2.75) is 25.7 Å². The van der Waals surface area contributed by atoms with Crippen LogP contribution in [0.2, 0.25) is 0 Å². The minimum atomic E-state index is -0.159. The van der Waals surface area contributed by atoms with Gasteiger partial charge in [-0.05, 0) is 49.2 Å². The Bertz CT molecular complexity index is 964. The van der Waals surface area contributed by atoms with Gasteiger partial charge >= 0.3 is 0 Å². The van der Waals surface area contributed by atoms with E-state index in [4.69, 9.17) is 4.74 Å². The first-order valence-electron chi connectivity index (χ1n) is 9.92. The van der Waals surface area contributed by atoms with Crippen LogP contribution in [0.1, 0.15) is 25.1 Å². The topological polar surface area (TPSA) is 87.3 Å². The summed E-state index contributed by atoms with van der Waals surface area (Å²) >= 11 is 0. The summed E-state index contributed by atoms with van der Waals surface area (Å²) in [5.41, 5.74) is 2.86. The molecule has 0 unspecified atom stereocenters. The number of para-hydroxylation sites is 2. The molecule has 3 aromatic rings. The number of aromatic amines is 1. The monoisotopic (exact) mass is 392 g/mol. The van der Waals surface area contributed by atoms with Crippen LogP contribution in [0.5, 0.6) is 5.75 Å². The van der Waals surface area contributed by atoms with Gasteiger partial charge < -0.3 is 19.9 Å². The average molecular weight is 392 g/mol. The Morgan fingerprint density at radius 2 is 2.00 bits per heavy atom. The second-order valence-corrected chi connectivity index (χ2v) is 7.09. The van der Waals surface area contributed by atoms with Crippen LogP contribution in [-0.4, -0.2) is 41.5 Å². The van der Waals surface area contributed by atoms with E-state index < -0.39 is 0 Å². The minimum Gasteiger partial charge on any atom is -0.484 e. The van der Waals surface area contributed by atoms with E-state index in [1.807, 2.05) is 36.4 Å². The van der Waals surface area contributed by atoms with Crippen molar-refractivity contribution in [2.75, 3.05) is 24.6 Å². The number of nitrogens with one attached hydrogen (secondary N) is 2. The number of imidazole rings is 1. The molecule has 0 spiro atoms. The first kappa shape index (κ1) is 19.0. The summed E-state index contributed by atoms with van der Waals surface area (Å²) in [5, 5.41) is 2.86. The number of aryl methyl sites for hydroxylation is 1. The zero-order valence-corrected chi connectivity index (χ0v) is 16.2. The van der Waals surface area contributed by atoms with E-state index in [2.05, 4.69) is 15.3 Å². The molecule has 0 radical (unpaired) electrons. The number of ether oxygens (including phenoxy) is 1. The molecule has 2 N–H and O–H groups in total. The second kappa shape index (κ2) is 8.77. The summed E-state index contributed by atoms with van der Waals surface area (Å²) in [7, 11) is 0. The number of fused-ring (bicyclic) bond motifs is 1. The Balaban J connectivity index is 1.16. The zero-order chi connectivity index (χ0) is 20.1. The largest absolute Gasteiger partial charge is 0.484 e. The molecule has 150 valence electrons. The predicted molar refractivity (Wildman–Crippen MR) is 111 cm³/mol. The lowest BCUT2D eigenvalue weighted by Gasteiger charge is -2.16. The summed E-state index contributed by atoms with van der Waals surface area (Å²) in [6, 6.07) is 15.2. The Morgan fingerprint density at radius 1 is 1.17 bits per heavy atom. The standard InChI is InChI=1S/C22H24N4O3/c27-21(23-13-3-7-20-24-18-5-1-2-6-19(18)25-20)15-29-17-11-9-16(10-12-17)26-14-4-8-22(26)28/h1-2,5-6,9-12H,3-4,7-8,13-15H2,(H,23,27)(H,24,25). The Hall–Kier alpha value is -3.35. The van der Waals surface area contributed by atoms with Gasteiger partial charge in [-0.3, -0.25) is 9.59 Å². The number of rotatable bonds is 8. The van der Waals surface area contributed by atoms with Gasteiger partial charge in [-0.15, -0.1) is 0 Å². The number of hydrogen-bond acceptors (Lipinski definition) is 4. The zero-order valence-electron chi connectivity index (χ0n) is 16.2. The fourth-order valence-electron chi connectivity index (χ4n) is 3.45. The number of aromatic nitrogens is 2. The number of hydrogen-bond donors (Lipinski definition) is 2. The van der Waals surface area contributed by atoms with Crippen molar-refractivity contribution in [3.8, 4) is 5.75 Å². The van der Waals surface area contributed by atoms with Crippen molar-refractivity contribution < 1.29 is 14.3 Å². The number of H-pyrrole nitrogens is 1. The molecule has 0 saturated carbocycles. The summed E-state index contributed by atoms with van der Waals surface area (Å²) in [5.74, 6) is 1.53. The van der Waals surface area contributed by atoms with Gasteiger partial charge in [0.25, 0.3) is 5.91 Å². The van der Waals surface area contributed by atoms with Crippen LogP contribution in [0.3, 0.4) is 0 Å². The van der Waals surface area contributed by atoms with Gasteiger partial charge in [0, 0.05) is 31.6 Å². The van der Waals surface area contributed by atoms with E-state index in [-0.39, 0.29) is 18.4 Å². The SMILES string of the molecule is O=C(COc1ccc(N2CCCC2=O)cc1)NCCCc1nc2ccccc2[nH]1. The number of amides is 2. The third-order valence-electron chi connectivity index (χ3n) is 4.94. The number of carbonyl (C=O) groups is 2. The quantitative estimate of drug-likeness (QED) is 0.577. The Labute approximate surface area is 169 Å². The Kier molecular flexibility index (Phi) is 5.74. The fraction of sp³-hybridized carbons (Fsp3) is 0.318. The van der Waals surface area contributed by atoms with Crippen molar-refractivity contribution in [1.82, 2.24) is 15.3 Å². The van der Waals surface area contributed by atoms with Crippen molar-refractivity contribution in [3.63, 3.8) is 0 Å². The third-order valence-corrected chi connectivity index (χ3v) is 4.94. The highest BCUT2D eigenvalue weighted by molar-refractivity contribution is 5.95. The van der Waals surface area contributed by atoms with Crippen molar-refractivity contribution in [1.29, 1.82) is 0 Å². The van der Waals surface area contributed by atoms with Gasteiger partial charge in [0.1, 0.15) is 11.6 Å². The van der Waals surface area contributed by atoms with Crippen LogP contribution in [0.25, 0.3) is 11.0 Å². The molecular formula is C22H24N4O3. The molecule has 7 nitrogen and oxygen atoms in total. The van der Waals surface area contributed by atoms with E-state index in [1.165, 1.54) is 0 Å². The summed E-state index contributed by atoms with van der Waals surface area (Å²) in [6.45, 7) is 1.29. The molecular weight excluding hydrogens is 368 g/mol. The molecule has 1 aliphatic rings. The van der Waals surface area contributed by atoms with Crippen LogP contribution < -0.4 is 15.0 Å². The summed E-state index contributed by atoms with van der Waals surface area (Å²) in [4.78, 5) is 33.3. The molecule has 1 fully saturated rings. The van der Waals surface area contributed by atoms with E-state index >= 15 is 0 Å². The van der Waals surface area contributed by atoms with Crippen molar-refractivity contribution in [2.24, 2.45) is 0 Å². The van der Waals surface area contributed by atoms with E-state index in [1.54, 1.807) is 17.0 Å². The summed E-state index contributed by atoms with van der Waals surface area (Å²) in [6.07, 6.45) is 3.07. The summed E-state index contributed by atoms with van der Waals surface area (Å²) < 4.78 is 5.53. The maximum Gasteiger partial charge on any atom is 0.257 e. The van der Waals surface area contributed by atoms with Gasteiger partial charge in [0.2, 0.25) is 5.91 Å². The maximum atomic E-state index is 12.0. The average Bonchev–Trinajstić information content (AvgIpc) is 3.35. The number of nitrogens with zero attached hydrogens (tertiary/aromatic N) is 2. The molecule has 2 heterocycles. The first-order valence-corrected chi connectivity index (χ1v) is 9.92. The van der Waals surface area contributed by atoms with Gasteiger partial charge in [0.15, 0.2) is 6.61 Å². The van der Waals surface area contributed by atoms with Gasteiger partial charge in [-0.2, -0.15) is 0 Å². The van der Waals surface area contributed by atoms with Crippen LogP contribution in [-0.2, 0) is 16.0 Å². The lowest BCUT2D eigenvalue weighted by molar-refractivity contribution is -0.123. The predicted octanol–water partition coefficient (Wildman–Crippen LogP) is 2.82. The van der Waals surface area contributed by atoms with Gasteiger partial charge in [-0.25, -0.2) is 4.98 Å². The molecule has 4 rings (SSSR count). The number of benzene rings is 2. The van der Waals surface area contributed by atoms with Gasteiger partial charge in [0.05, 0.1) is 11.0 Å². The molecule has 29 heavy (non-hydrogen) atoms. The van der Waals surface area contributed by atoms with Crippen molar-refractivity contribution in [3.05, 3.63) is 54.4 Å². The number of carbonyl (C=O) groups excluding carboxylic acids is 2. The van der Waals surface area contributed by atoms with Gasteiger partial charge in [-0.1, -0.05) is 12.1 Å². The molecule has 7 heteroatoms. The lowest BCUT2D eigenvalue weighted by Crippen LogP contribution is -2.30. The Morgan fingerprint density at radius 3 is 2.76 bits per heavy atom.